The van der Waals surface area contributed by atoms with Gasteiger partial charge in [-0.2, -0.15) is 0 Å². The zero-order valence-corrected chi connectivity index (χ0v) is 7.88. The summed E-state index contributed by atoms with van der Waals surface area (Å²) in [5.74, 6) is 0. The lowest BCUT2D eigenvalue weighted by atomic mass is 10.4. The second kappa shape index (κ2) is 7.39. The van der Waals surface area contributed by atoms with E-state index in [0.717, 1.165) is 13.0 Å². The van der Waals surface area contributed by atoms with Gasteiger partial charge in [-0.15, -0.1) is 0 Å². The first kappa shape index (κ1) is 10.3. The van der Waals surface area contributed by atoms with E-state index < -0.39 is 0 Å². The smallest absolute Gasteiger partial charge is 0.0166 e. The summed E-state index contributed by atoms with van der Waals surface area (Å²) in [5, 5.41) is 0. The van der Waals surface area contributed by atoms with Crippen molar-refractivity contribution < 1.29 is 0 Å². The molecule has 0 aromatic rings. The normalized spacial score (nSPS) is 11.5. The van der Waals surface area contributed by atoms with E-state index in [9.17, 15) is 0 Å². The van der Waals surface area contributed by atoms with E-state index >= 15 is 0 Å². The first-order valence-electron chi connectivity index (χ1n) is 4.34. The van der Waals surface area contributed by atoms with E-state index in [-0.39, 0.29) is 0 Å². The topological polar surface area (TPSA) is 3.24 Å². The Balaban J connectivity index is 3.47. The molecule has 0 spiro atoms. The Kier molecular flexibility index (Phi) is 6.90. The van der Waals surface area contributed by atoms with Crippen LogP contribution in [0, 0.1) is 0 Å². The first-order valence-corrected chi connectivity index (χ1v) is 4.34. The molecule has 0 amide bonds. The summed E-state index contributed by atoms with van der Waals surface area (Å²) in [6.07, 6.45) is 10.7. The van der Waals surface area contributed by atoms with E-state index in [1.54, 1.807) is 0 Å². The van der Waals surface area contributed by atoms with Crippen LogP contribution in [-0.4, -0.2) is 18.5 Å². The van der Waals surface area contributed by atoms with Crippen molar-refractivity contribution in [2.45, 2.75) is 26.7 Å². The predicted octanol–water partition coefficient (Wildman–Crippen LogP) is 2.81. The van der Waals surface area contributed by atoms with Crippen molar-refractivity contribution in [1.29, 1.82) is 0 Å². The fraction of sp³-hybridized carbons (Fsp3) is 0.600. The van der Waals surface area contributed by atoms with Crippen molar-refractivity contribution in [3.8, 4) is 0 Å². The summed E-state index contributed by atoms with van der Waals surface area (Å²) in [5.41, 5.74) is 0. The molecule has 0 saturated carbocycles. The second-order valence-electron chi connectivity index (χ2n) is 2.66. The summed E-state index contributed by atoms with van der Waals surface area (Å²) in [7, 11) is 2.10. The molecule has 64 valence electrons. The molecule has 0 aromatic carbocycles. The fourth-order valence-electron chi connectivity index (χ4n) is 0.839. The van der Waals surface area contributed by atoms with Gasteiger partial charge < -0.3 is 4.90 Å². The fourth-order valence-corrected chi connectivity index (χ4v) is 0.839. The third kappa shape index (κ3) is 7.17. The van der Waals surface area contributed by atoms with Crippen molar-refractivity contribution in [3.05, 3.63) is 24.4 Å². The standard InChI is InChI=1S/C10H19N/c1-4-6-7-8-10-11(3)9-5-2/h6-8,10H,4-5,9H2,1-3H3/b7-6-,10-8-. The van der Waals surface area contributed by atoms with E-state index in [0.29, 0.717) is 0 Å². The van der Waals surface area contributed by atoms with Crippen LogP contribution >= 0.6 is 0 Å². The average Bonchev–Trinajstić information content (AvgIpc) is 1.99. The van der Waals surface area contributed by atoms with Crippen molar-refractivity contribution in [2.24, 2.45) is 0 Å². The van der Waals surface area contributed by atoms with Gasteiger partial charge in [0.15, 0.2) is 0 Å². The maximum Gasteiger partial charge on any atom is 0.0166 e. The molecular weight excluding hydrogens is 134 g/mol. The van der Waals surface area contributed by atoms with Crippen LogP contribution in [0.4, 0.5) is 0 Å². The maximum absolute atomic E-state index is 2.19. The van der Waals surface area contributed by atoms with Crippen LogP contribution in [0.15, 0.2) is 24.4 Å². The van der Waals surface area contributed by atoms with Gasteiger partial charge in [0.05, 0.1) is 0 Å². The van der Waals surface area contributed by atoms with E-state index in [1.807, 2.05) is 0 Å². The summed E-state index contributed by atoms with van der Waals surface area (Å²) < 4.78 is 0. The highest BCUT2D eigenvalue weighted by Crippen LogP contribution is 1.88. The molecule has 0 fully saturated rings. The lowest BCUT2D eigenvalue weighted by molar-refractivity contribution is 0.454. The number of allylic oxidation sites excluding steroid dienone is 3. The molecule has 0 aliphatic heterocycles. The highest BCUT2D eigenvalue weighted by atomic mass is 15.1. The van der Waals surface area contributed by atoms with Crippen LogP contribution in [0.3, 0.4) is 0 Å². The summed E-state index contributed by atoms with van der Waals surface area (Å²) in [6, 6.07) is 0. The van der Waals surface area contributed by atoms with Gasteiger partial charge in [-0.1, -0.05) is 26.0 Å². The Morgan fingerprint density at radius 2 is 1.91 bits per heavy atom. The molecule has 0 saturated heterocycles. The van der Waals surface area contributed by atoms with Crippen molar-refractivity contribution in [1.82, 2.24) is 4.90 Å². The highest BCUT2D eigenvalue weighted by Gasteiger charge is 1.83. The van der Waals surface area contributed by atoms with Crippen molar-refractivity contribution in [3.63, 3.8) is 0 Å². The van der Waals surface area contributed by atoms with E-state index in [2.05, 4.69) is 50.2 Å². The molecule has 0 aliphatic rings. The molecule has 0 N–H and O–H groups in total. The van der Waals surface area contributed by atoms with Crippen LogP contribution in [-0.2, 0) is 0 Å². The maximum atomic E-state index is 2.19. The molecule has 1 nitrogen and oxygen atoms in total. The van der Waals surface area contributed by atoms with Gasteiger partial charge in [0.1, 0.15) is 0 Å². The van der Waals surface area contributed by atoms with Crippen LogP contribution in [0.25, 0.3) is 0 Å². The Morgan fingerprint density at radius 3 is 2.45 bits per heavy atom. The van der Waals surface area contributed by atoms with Gasteiger partial charge >= 0.3 is 0 Å². The minimum absolute atomic E-state index is 1.11. The Hall–Kier alpha value is -0.720. The van der Waals surface area contributed by atoms with Crippen LogP contribution < -0.4 is 0 Å². The molecule has 1 heteroatoms. The predicted molar refractivity (Wildman–Crippen MR) is 51.5 cm³/mol. The number of hydrogen-bond acceptors (Lipinski definition) is 1. The minimum atomic E-state index is 1.11. The zero-order chi connectivity index (χ0) is 8.53. The molecular formula is C10H19N. The van der Waals surface area contributed by atoms with E-state index in [4.69, 9.17) is 0 Å². The average molecular weight is 153 g/mol. The van der Waals surface area contributed by atoms with E-state index in [1.165, 1.54) is 6.42 Å². The molecule has 11 heavy (non-hydrogen) atoms. The molecule has 0 heterocycles. The van der Waals surface area contributed by atoms with Gasteiger partial charge in [-0.3, -0.25) is 0 Å². The van der Waals surface area contributed by atoms with Gasteiger partial charge in [0, 0.05) is 13.6 Å². The Bertz CT molecular complexity index is 125. The van der Waals surface area contributed by atoms with Gasteiger partial charge in [-0.05, 0) is 25.1 Å². The monoisotopic (exact) mass is 153 g/mol. The molecule has 0 radical (unpaired) electrons. The molecule has 0 atom stereocenters. The Morgan fingerprint density at radius 1 is 1.18 bits per heavy atom. The van der Waals surface area contributed by atoms with Gasteiger partial charge in [0.2, 0.25) is 0 Å². The largest absolute Gasteiger partial charge is 0.380 e. The molecule has 0 bridgehead atoms. The lowest BCUT2D eigenvalue weighted by Gasteiger charge is -2.10. The molecule has 0 unspecified atom stereocenters. The summed E-state index contributed by atoms with van der Waals surface area (Å²) in [4.78, 5) is 2.19. The summed E-state index contributed by atoms with van der Waals surface area (Å²) >= 11 is 0. The third-order valence-electron chi connectivity index (χ3n) is 1.40. The zero-order valence-electron chi connectivity index (χ0n) is 7.88. The van der Waals surface area contributed by atoms with Gasteiger partial charge in [0.25, 0.3) is 0 Å². The van der Waals surface area contributed by atoms with Crippen LogP contribution in [0.2, 0.25) is 0 Å². The number of nitrogens with zero attached hydrogens (tertiary/aromatic N) is 1. The summed E-state index contributed by atoms with van der Waals surface area (Å²) in [6.45, 7) is 5.46. The van der Waals surface area contributed by atoms with Gasteiger partial charge in [-0.25, -0.2) is 0 Å². The molecule has 0 rings (SSSR count). The van der Waals surface area contributed by atoms with Crippen molar-refractivity contribution in [2.75, 3.05) is 13.6 Å². The second-order valence-corrected chi connectivity index (χ2v) is 2.66. The van der Waals surface area contributed by atoms with Crippen LogP contribution in [0.5, 0.6) is 0 Å². The number of hydrogen-bond donors (Lipinski definition) is 0. The molecule has 0 aliphatic carbocycles. The Labute approximate surface area is 70.4 Å². The number of rotatable bonds is 5. The highest BCUT2D eigenvalue weighted by molar-refractivity contribution is 5.01. The quantitative estimate of drug-likeness (QED) is 0.549. The first-order chi connectivity index (χ1) is 5.31. The van der Waals surface area contributed by atoms with Crippen molar-refractivity contribution >= 4 is 0 Å². The molecule has 0 aromatic heterocycles. The SMILES string of the molecule is CC/C=C\C=C/N(C)CCC. The lowest BCUT2D eigenvalue weighted by Crippen LogP contribution is -2.10. The van der Waals surface area contributed by atoms with Crippen LogP contribution in [0.1, 0.15) is 26.7 Å². The minimum Gasteiger partial charge on any atom is -0.380 e. The third-order valence-corrected chi connectivity index (χ3v) is 1.40.